The van der Waals surface area contributed by atoms with Crippen LogP contribution >= 0.6 is 0 Å². The summed E-state index contributed by atoms with van der Waals surface area (Å²) in [4.78, 5) is 0. The van der Waals surface area contributed by atoms with Gasteiger partial charge in [-0.25, -0.2) is 0 Å². The van der Waals surface area contributed by atoms with Crippen molar-refractivity contribution in [2.75, 3.05) is 14.2 Å². The molecule has 3 nitrogen and oxygen atoms in total. The summed E-state index contributed by atoms with van der Waals surface area (Å²) >= 11 is 0. The molecule has 0 atom stereocenters. The van der Waals surface area contributed by atoms with Crippen molar-refractivity contribution in [1.82, 2.24) is 0 Å². The van der Waals surface area contributed by atoms with Gasteiger partial charge in [-0.2, -0.15) is 0 Å². The van der Waals surface area contributed by atoms with Crippen LogP contribution in [0.2, 0.25) is 0 Å². The predicted octanol–water partition coefficient (Wildman–Crippen LogP) is 4.12. The van der Waals surface area contributed by atoms with Crippen LogP contribution in [0.5, 0.6) is 11.5 Å². The molecule has 0 bridgehead atoms. The van der Waals surface area contributed by atoms with E-state index in [0.717, 1.165) is 22.3 Å². The second-order valence-electron chi connectivity index (χ2n) is 4.22. The lowest BCUT2D eigenvalue weighted by Gasteiger charge is -2.06. The third-order valence-electron chi connectivity index (χ3n) is 3.08. The van der Waals surface area contributed by atoms with Crippen LogP contribution in [0, 0.1) is 0 Å². The van der Waals surface area contributed by atoms with E-state index in [-0.39, 0.29) is 0 Å². The van der Waals surface area contributed by atoms with Gasteiger partial charge in [-0.05, 0) is 12.1 Å². The highest BCUT2D eigenvalue weighted by Gasteiger charge is 2.11. The minimum Gasteiger partial charge on any atom is -0.493 e. The number of methoxy groups -OCH3 is 2. The molecule has 0 spiro atoms. The number of furan rings is 1. The van der Waals surface area contributed by atoms with Crippen LogP contribution in [-0.4, -0.2) is 14.2 Å². The van der Waals surface area contributed by atoms with Crippen LogP contribution in [0.15, 0.2) is 52.9 Å². The van der Waals surface area contributed by atoms with Gasteiger partial charge in [0.1, 0.15) is 11.3 Å². The van der Waals surface area contributed by atoms with Gasteiger partial charge >= 0.3 is 0 Å². The minimum atomic E-state index is 0.670. The fourth-order valence-electron chi connectivity index (χ4n) is 2.11. The quantitative estimate of drug-likeness (QED) is 0.704. The molecule has 0 saturated heterocycles. The van der Waals surface area contributed by atoms with Gasteiger partial charge in [-0.3, -0.25) is 0 Å². The second kappa shape index (κ2) is 4.69. The molecule has 0 aliphatic rings. The van der Waals surface area contributed by atoms with Gasteiger partial charge in [0.15, 0.2) is 11.5 Å². The van der Waals surface area contributed by atoms with Gasteiger partial charge in [0.05, 0.1) is 14.2 Å². The lowest BCUT2D eigenvalue weighted by Crippen LogP contribution is -1.89. The molecule has 0 aliphatic heterocycles. The molecule has 0 N–H and O–H groups in total. The van der Waals surface area contributed by atoms with E-state index >= 15 is 0 Å². The van der Waals surface area contributed by atoms with E-state index in [0.29, 0.717) is 11.5 Å². The smallest absolute Gasteiger partial charge is 0.164 e. The molecule has 3 heteroatoms. The summed E-state index contributed by atoms with van der Waals surface area (Å²) in [6.07, 6.45) is 0. The number of ether oxygens (including phenoxy) is 2. The summed E-state index contributed by atoms with van der Waals surface area (Å²) in [6, 6.07) is 15.8. The summed E-state index contributed by atoms with van der Waals surface area (Å²) < 4.78 is 16.4. The Kier molecular flexibility index (Phi) is 2.88. The van der Waals surface area contributed by atoms with Crippen molar-refractivity contribution in [1.29, 1.82) is 0 Å². The third-order valence-corrected chi connectivity index (χ3v) is 3.08. The molecular weight excluding hydrogens is 240 g/mol. The molecule has 0 aliphatic carbocycles. The lowest BCUT2D eigenvalue weighted by atomic mass is 10.1. The highest BCUT2D eigenvalue weighted by molar-refractivity contribution is 5.86. The molecule has 0 unspecified atom stereocenters. The number of benzene rings is 2. The molecule has 3 aromatic rings. The van der Waals surface area contributed by atoms with Gasteiger partial charge in [0, 0.05) is 17.0 Å². The molecule has 0 amide bonds. The van der Waals surface area contributed by atoms with E-state index in [1.54, 1.807) is 14.2 Å². The van der Waals surface area contributed by atoms with Gasteiger partial charge in [-0.15, -0.1) is 0 Å². The maximum Gasteiger partial charge on any atom is 0.164 e. The van der Waals surface area contributed by atoms with E-state index in [2.05, 4.69) is 0 Å². The molecule has 0 saturated carbocycles. The molecule has 19 heavy (non-hydrogen) atoms. The lowest BCUT2D eigenvalue weighted by molar-refractivity contribution is 0.355. The maximum atomic E-state index is 5.86. The zero-order valence-corrected chi connectivity index (χ0v) is 10.8. The Balaban J connectivity index is 2.16. The Labute approximate surface area is 111 Å². The first-order valence-corrected chi connectivity index (χ1v) is 6.03. The fourth-order valence-corrected chi connectivity index (χ4v) is 2.11. The Morgan fingerprint density at radius 1 is 0.842 bits per heavy atom. The molecule has 96 valence electrons. The first-order chi connectivity index (χ1) is 9.31. The van der Waals surface area contributed by atoms with Crippen molar-refractivity contribution < 1.29 is 13.9 Å². The number of hydrogen-bond donors (Lipinski definition) is 0. The normalized spacial score (nSPS) is 10.6. The summed E-state index contributed by atoms with van der Waals surface area (Å²) in [5, 5.41) is 0.997. The van der Waals surface area contributed by atoms with Crippen LogP contribution in [0.1, 0.15) is 0 Å². The Morgan fingerprint density at radius 2 is 1.53 bits per heavy atom. The summed E-state index contributed by atoms with van der Waals surface area (Å²) in [5.74, 6) is 2.21. The van der Waals surface area contributed by atoms with E-state index in [1.807, 2.05) is 48.5 Å². The second-order valence-corrected chi connectivity index (χ2v) is 4.22. The predicted molar refractivity (Wildman–Crippen MR) is 74.8 cm³/mol. The first kappa shape index (κ1) is 11.7. The van der Waals surface area contributed by atoms with Crippen LogP contribution in [-0.2, 0) is 0 Å². The van der Waals surface area contributed by atoms with Crippen molar-refractivity contribution >= 4 is 11.0 Å². The number of rotatable bonds is 3. The van der Waals surface area contributed by atoms with E-state index in [1.165, 1.54) is 0 Å². The fraction of sp³-hybridized carbons (Fsp3) is 0.125. The van der Waals surface area contributed by atoms with Crippen LogP contribution in [0.4, 0.5) is 0 Å². The van der Waals surface area contributed by atoms with Gasteiger partial charge in [-0.1, -0.05) is 30.3 Å². The SMILES string of the molecule is COc1cc2cc(-c3ccccc3)oc2cc1OC. The van der Waals surface area contributed by atoms with Crippen LogP contribution in [0.25, 0.3) is 22.3 Å². The topological polar surface area (TPSA) is 31.6 Å². The molecule has 0 radical (unpaired) electrons. The van der Waals surface area contributed by atoms with Crippen molar-refractivity contribution in [3.63, 3.8) is 0 Å². The van der Waals surface area contributed by atoms with Crippen LogP contribution < -0.4 is 9.47 Å². The Bertz CT molecular complexity index is 658. The zero-order valence-electron chi connectivity index (χ0n) is 10.8. The summed E-state index contributed by atoms with van der Waals surface area (Å²) in [5.41, 5.74) is 1.84. The molecule has 2 aromatic carbocycles. The number of hydrogen-bond acceptors (Lipinski definition) is 3. The standard InChI is InChI=1S/C16H14O3/c1-17-15-9-12-8-13(11-6-4-3-5-7-11)19-14(12)10-16(15)18-2/h3-10H,1-2H3. The maximum absolute atomic E-state index is 5.86. The number of fused-ring (bicyclic) bond motifs is 1. The monoisotopic (exact) mass is 254 g/mol. The molecule has 3 rings (SSSR count). The van der Waals surface area contributed by atoms with Crippen LogP contribution in [0.3, 0.4) is 0 Å². The van der Waals surface area contributed by atoms with Gasteiger partial charge < -0.3 is 13.9 Å². The Morgan fingerprint density at radius 3 is 2.21 bits per heavy atom. The zero-order chi connectivity index (χ0) is 13.2. The van der Waals surface area contributed by atoms with Crippen molar-refractivity contribution in [2.24, 2.45) is 0 Å². The summed E-state index contributed by atoms with van der Waals surface area (Å²) in [6.45, 7) is 0. The van der Waals surface area contributed by atoms with Crippen molar-refractivity contribution in [3.05, 3.63) is 48.5 Å². The average molecular weight is 254 g/mol. The van der Waals surface area contributed by atoms with E-state index in [9.17, 15) is 0 Å². The van der Waals surface area contributed by atoms with Crippen molar-refractivity contribution in [2.45, 2.75) is 0 Å². The molecule has 0 fully saturated rings. The van der Waals surface area contributed by atoms with Gasteiger partial charge in [0.25, 0.3) is 0 Å². The van der Waals surface area contributed by atoms with Crippen molar-refractivity contribution in [3.8, 4) is 22.8 Å². The summed E-state index contributed by atoms with van der Waals surface area (Å²) in [7, 11) is 3.24. The highest BCUT2D eigenvalue weighted by Crippen LogP contribution is 2.36. The average Bonchev–Trinajstić information content (AvgIpc) is 2.89. The molecular formula is C16H14O3. The first-order valence-electron chi connectivity index (χ1n) is 6.03. The highest BCUT2D eigenvalue weighted by atomic mass is 16.5. The van der Waals surface area contributed by atoms with Gasteiger partial charge in [0.2, 0.25) is 0 Å². The largest absolute Gasteiger partial charge is 0.493 e. The minimum absolute atomic E-state index is 0.670. The molecule has 1 heterocycles. The Hall–Kier alpha value is -2.42. The van der Waals surface area contributed by atoms with E-state index in [4.69, 9.17) is 13.9 Å². The molecule has 1 aromatic heterocycles. The van der Waals surface area contributed by atoms with E-state index < -0.39 is 0 Å². The third kappa shape index (κ3) is 2.03.